The summed E-state index contributed by atoms with van der Waals surface area (Å²) in [6, 6.07) is 17.5. The predicted octanol–water partition coefficient (Wildman–Crippen LogP) is 4.68. The predicted molar refractivity (Wildman–Crippen MR) is 98.4 cm³/mol. The van der Waals surface area contributed by atoms with Crippen LogP contribution in [0.5, 0.6) is 5.75 Å². The second kappa shape index (κ2) is 9.07. The van der Waals surface area contributed by atoms with Gasteiger partial charge in [-0.05, 0) is 54.3 Å². The first-order chi connectivity index (χ1) is 12.3. The van der Waals surface area contributed by atoms with E-state index in [0.29, 0.717) is 12.2 Å². The molecular formula is C20H20N2O2S. The molecule has 0 fully saturated rings. The van der Waals surface area contributed by atoms with Crippen molar-refractivity contribution in [2.24, 2.45) is 0 Å². The molecule has 5 heteroatoms. The number of nitriles is 1. The lowest BCUT2D eigenvalue weighted by Gasteiger charge is -2.20. The molecule has 3 rings (SSSR count). The molecule has 3 aromatic rings. The molecule has 0 amide bonds. The van der Waals surface area contributed by atoms with Gasteiger partial charge in [-0.15, -0.1) is 11.3 Å². The Morgan fingerprint density at radius 3 is 2.64 bits per heavy atom. The molecule has 2 heterocycles. The lowest BCUT2D eigenvalue weighted by molar-refractivity contribution is 0.210. The molecule has 4 nitrogen and oxygen atoms in total. The fourth-order valence-corrected chi connectivity index (χ4v) is 3.31. The van der Waals surface area contributed by atoms with Gasteiger partial charge in [0.05, 0.1) is 31.0 Å². The Kier molecular flexibility index (Phi) is 6.27. The lowest BCUT2D eigenvalue weighted by Crippen LogP contribution is -2.24. The summed E-state index contributed by atoms with van der Waals surface area (Å²) in [6.07, 6.45) is 2.64. The first-order valence-electron chi connectivity index (χ1n) is 8.23. The first-order valence-corrected chi connectivity index (χ1v) is 9.11. The molecule has 0 atom stereocenters. The molecular weight excluding hydrogens is 332 g/mol. The lowest BCUT2D eigenvalue weighted by atomic mass is 10.2. The fraction of sp³-hybridized carbons (Fsp3) is 0.250. The Hall–Kier alpha value is -2.55. The number of rotatable bonds is 9. The van der Waals surface area contributed by atoms with Crippen LogP contribution in [0.3, 0.4) is 0 Å². The molecule has 0 radical (unpaired) electrons. The molecule has 0 saturated heterocycles. The van der Waals surface area contributed by atoms with Crippen molar-refractivity contribution in [1.29, 1.82) is 5.26 Å². The van der Waals surface area contributed by atoms with Crippen molar-refractivity contribution in [3.63, 3.8) is 0 Å². The van der Waals surface area contributed by atoms with Crippen LogP contribution < -0.4 is 4.74 Å². The van der Waals surface area contributed by atoms with Gasteiger partial charge in [0.1, 0.15) is 11.5 Å². The summed E-state index contributed by atoms with van der Waals surface area (Å²) in [5, 5.41) is 10.9. The number of furan rings is 1. The topological polar surface area (TPSA) is 49.4 Å². The fourth-order valence-electron chi connectivity index (χ4n) is 2.56. The van der Waals surface area contributed by atoms with Crippen molar-refractivity contribution in [1.82, 2.24) is 4.90 Å². The van der Waals surface area contributed by atoms with Crippen LogP contribution in [0.15, 0.2) is 64.6 Å². The van der Waals surface area contributed by atoms with Gasteiger partial charge < -0.3 is 9.15 Å². The molecule has 0 spiro atoms. The number of thiophene rings is 1. The Bertz CT molecular complexity index is 738. The zero-order chi connectivity index (χ0) is 17.3. The molecule has 0 bridgehead atoms. The highest BCUT2D eigenvalue weighted by molar-refractivity contribution is 7.09. The van der Waals surface area contributed by atoms with Gasteiger partial charge in [0.15, 0.2) is 0 Å². The number of nitrogens with zero attached hydrogens (tertiary/aromatic N) is 2. The van der Waals surface area contributed by atoms with E-state index in [0.717, 1.165) is 37.6 Å². The summed E-state index contributed by atoms with van der Waals surface area (Å²) in [4.78, 5) is 3.71. The molecule has 0 aliphatic heterocycles. The highest BCUT2D eigenvalue weighted by Gasteiger charge is 2.09. The number of hydrogen-bond donors (Lipinski definition) is 0. The van der Waals surface area contributed by atoms with Gasteiger partial charge >= 0.3 is 0 Å². The van der Waals surface area contributed by atoms with Gasteiger partial charge in [-0.2, -0.15) is 5.26 Å². The maximum absolute atomic E-state index is 8.81. The van der Waals surface area contributed by atoms with Crippen LogP contribution in [-0.4, -0.2) is 18.1 Å². The molecule has 0 aliphatic carbocycles. The summed E-state index contributed by atoms with van der Waals surface area (Å²) in [7, 11) is 0. The van der Waals surface area contributed by atoms with E-state index >= 15 is 0 Å². The van der Waals surface area contributed by atoms with Gasteiger partial charge in [0.2, 0.25) is 0 Å². The van der Waals surface area contributed by atoms with Gasteiger partial charge in [-0.3, -0.25) is 4.90 Å². The van der Waals surface area contributed by atoms with Crippen LogP contribution in [0, 0.1) is 11.3 Å². The van der Waals surface area contributed by atoms with Crippen LogP contribution >= 0.6 is 11.3 Å². The van der Waals surface area contributed by atoms with E-state index < -0.39 is 0 Å². The largest absolute Gasteiger partial charge is 0.494 e. The van der Waals surface area contributed by atoms with Crippen molar-refractivity contribution in [3.05, 3.63) is 76.4 Å². The van der Waals surface area contributed by atoms with E-state index in [1.807, 2.05) is 24.3 Å². The number of ether oxygens (including phenoxy) is 1. The van der Waals surface area contributed by atoms with Crippen molar-refractivity contribution in [2.75, 3.05) is 13.2 Å². The van der Waals surface area contributed by atoms with Gasteiger partial charge in [0, 0.05) is 18.0 Å². The maximum atomic E-state index is 8.81. The van der Waals surface area contributed by atoms with Crippen LogP contribution in [-0.2, 0) is 13.1 Å². The third-order valence-corrected chi connectivity index (χ3v) is 4.65. The third-order valence-electron chi connectivity index (χ3n) is 3.79. The standard InChI is InChI=1S/C20H20N2O2S/c21-14-17-6-8-18(9-7-17)23-12-3-10-22(15-19-4-1-11-24-19)16-20-5-2-13-25-20/h1-2,4-9,11,13H,3,10,12,15-16H2. The van der Waals surface area contributed by atoms with E-state index in [4.69, 9.17) is 14.4 Å². The van der Waals surface area contributed by atoms with E-state index in [1.54, 1.807) is 29.7 Å². The Balaban J connectivity index is 1.48. The van der Waals surface area contributed by atoms with Crippen LogP contribution in [0.2, 0.25) is 0 Å². The van der Waals surface area contributed by atoms with Gasteiger partial charge in [-0.1, -0.05) is 6.07 Å². The third kappa shape index (κ3) is 5.49. The zero-order valence-electron chi connectivity index (χ0n) is 13.9. The number of hydrogen-bond acceptors (Lipinski definition) is 5. The van der Waals surface area contributed by atoms with E-state index in [1.165, 1.54) is 4.88 Å². The van der Waals surface area contributed by atoms with E-state index in [-0.39, 0.29) is 0 Å². The Labute approximate surface area is 151 Å². The summed E-state index contributed by atoms with van der Waals surface area (Å²) in [5.74, 6) is 1.78. The normalized spacial score (nSPS) is 10.7. The molecule has 0 N–H and O–H groups in total. The van der Waals surface area contributed by atoms with Crippen LogP contribution in [0.25, 0.3) is 0 Å². The molecule has 1 aromatic carbocycles. The van der Waals surface area contributed by atoms with Crippen molar-refractivity contribution < 1.29 is 9.15 Å². The average Bonchev–Trinajstić information content (AvgIpc) is 3.33. The van der Waals surface area contributed by atoms with Crippen LogP contribution in [0.4, 0.5) is 0 Å². The quantitative estimate of drug-likeness (QED) is 0.525. The summed E-state index contributed by atoms with van der Waals surface area (Å²) < 4.78 is 11.3. The minimum atomic E-state index is 0.644. The molecule has 2 aromatic heterocycles. The first kappa shape index (κ1) is 17.3. The van der Waals surface area contributed by atoms with Crippen LogP contribution in [0.1, 0.15) is 22.6 Å². The smallest absolute Gasteiger partial charge is 0.119 e. The van der Waals surface area contributed by atoms with Crippen molar-refractivity contribution >= 4 is 11.3 Å². The highest BCUT2D eigenvalue weighted by Crippen LogP contribution is 2.16. The summed E-state index contributed by atoms with van der Waals surface area (Å²) in [6.45, 7) is 3.27. The van der Waals surface area contributed by atoms with Gasteiger partial charge in [0.25, 0.3) is 0 Å². The minimum Gasteiger partial charge on any atom is -0.494 e. The highest BCUT2D eigenvalue weighted by atomic mass is 32.1. The molecule has 0 unspecified atom stereocenters. The molecule has 0 aliphatic rings. The molecule has 128 valence electrons. The Morgan fingerprint density at radius 2 is 1.96 bits per heavy atom. The Morgan fingerprint density at radius 1 is 1.08 bits per heavy atom. The van der Waals surface area contributed by atoms with Crippen molar-refractivity contribution in [2.45, 2.75) is 19.5 Å². The molecule has 0 saturated carbocycles. The SMILES string of the molecule is N#Cc1ccc(OCCCN(Cc2ccco2)Cc2cccs2)cc1. The minimum absolute atomic E-state index is 0.644. The van der Waals surface area contributed by atoms with E-state index in [9.17, 15) is 0 Å². The second-order valence-corrected chi connectivity index (χ2v) is 6.74. The molecule has 25 heavy (non-hydrogen) atoms. The second-order valence-electron chi connectivity index (χ2n) is 5.71. The van der Waals surface area contributed by atoms with Gasteiger partial charge in [-0.25, -0.2) is 0 Å². The zero-order valence-corrected chi connectivity index (χ0v) is 14.7. The number of benzene rings is 1. The van der Waals surface area contributed by atoms with E-state index in [2.05, 4.69) is 28.5 Å². The summed E-state index contributed by atoms with van der Waals surface area (Å²) >= 11 is 1.77. The summed E-state index contributed by atoms with van der Waals surface area (Å²) in [5.41, 5.74) is 0.646. The monoisotopic (exact) mass is 352 g/mol. The average molecular weight is 352 g/mol. The maximum Gasteiger partial charge on any atom is 0.119 e. The van der Waals surface area contributed by atoms with Crippen molar-refractivity contribution in [3.8, 4) is 11.8 Å².